The van der Waals surface area contributed by atoms with Gasteiger partial charge < -0.3 is 9.47 Å². The van der Waals surface area contributed by atoms with E-state index in [1.165, 1.54) is 36.0 Å². The fourth-order valence-electron chi connectivity index (χ4n) is 3.29. The SMILES string of the molecule is CCCCc1nc2ccc(Br)cc2c(=O)n1N=Cc1cc([N+](=O)[O-])ccc1O[C@@H](C)C(=O)OCC. The number of benzene rings is 2. The van der Waals surface area contributed by atoms with Crippen LogP contribution in [0.3, 0.4) is 0 Å². The van der Waals surface area contributed by atoms with Crippen LogP contribution in [0.5, 0.6) is 5.75 Å². The maximum atomic E-state index is 13.3. The number of esters is 1. The van der Waals surface area contributed by atoms with Crippen LogP contribution < -0.4 is 10.3 Å². The van der Waals surface area contributed by atoms with Crippen LogP contribution in [-0.2, 0) is 16.0 Å². The summed E-state index contributed by atoms with van der Waals surface area (Å²) in [5, 5.41) is 16.1. The Hall–Kier alpha value is -3.60. The van der Waals surface area contributed by atoms with Gasteiger partial charge >= 0.3 is 5.97 Å². The van der Waals surface area contributed by atoms with Gasteiger partial charge in [-0.2, -0.15) is 9.78 Å². The molecule has 0 aliphatic rings. The van der Waals surface area contributed by atoms with Crippen LogP contribution in [0.1, 0.15) is 45.0 Å². The molecular weight excluding hydrogens is 520 g/mol. The van der Waals surface area contributed by atoms with E-state index in [1.54, 1.807) is 19.1 Å². The highest BCUT2D eigenvalue weighted by Gasteiger charge is 2.19. The van der Waals surface area contributed by atoms with Gasteiger partial charge in [-0.05, 0) is 44.5 Å². The van der Waals surface area contributed by atoms with Crippen molar-refractivity contribution in [1.29, 1.82) is 0 Å². The van der Waals surface area contributed by atoms with Crippen molar-refractivity contribution in [3.05, 3.63) is 72.7 Å². The number of fused-ring (bicyclic) bond motifs is 1. The molecule has 0 spiro atoms. The molecule has 1 heterocycles. The van der Waals surface area contributed by atoms with Crippen molar-refractivity contribution in [3.63, 3.8) is 0 Å². The van der Waals surface area contributed by atoms with E-state index in [0.717, 1.165) is 17.3 Å². The lowest BCUT2D eigenvalue weighted by Crippen LogP contribution is -2.26. The molecule has 11 heteroatoms. The molecule has 0 fully saturated rings. The molecule has 184 valence electrons. The summed E-state index contributed by atoms with van der Waals surface area (Å²) in [7, 11) is 0. The first-order valence-corrected chi connectivity index (χ1v) is 11.9. The molecule has 35 heavy (non-hydrogen) atoms. The third kappa shape index (κ3) is 6.30. The van der Waals surface area contributed by atoms with Crippen molar-refractivity contribution in [1.82, 2.24) is 9.66 Å². The van der Waals surface area contributed by atoms with Crippen LogP contribution in [0, 0.1) is 10.1 Å². The van der Waals surface area contributed by atoms with Crippen molar-refractivity contribution >= 4 is 44.7 Å². The Labute approximate surface area is 209 Å². The molecule has 0 saturated carbocycles. The van der Waals surface area contributed by atoms with Gasteiger partial charge in [-0.25, -0.2) is 9.78 Å². The molecule has 1 atom stereocenters. The van der Waals surface area contributed by atoms with Gasteiger partial charge in [0.05, 0.1) is 28.6 Å². The number of hydrogen-bond donors (Lipinski definition) is 0. The summed E-state index contributed by atoms with van der Waals surface area (Å²) >= 11 is 3.37. The van der Waals surface area contributed by atoms with Crippen LogP contribution in [0.2, 0.25) is 0 Å². The van der Waals surface area contributed by atoms with Crippen molar-refractivity contribution in [3.8, 4) is 5.75 Å². The molecule has 2 aromatic carbocycles. The summed E-state index contributed by atoms with van der Waals surface area (Å²) in [6.07, 6.45) is 2.56. The Balaban J connectivity index is 2.10. The van der Waals surface area contributed by atoms with E-state index in [2.05, 4.69) is 26.0 Å². The average Bonchev–Trinajstić information content (AvgIpc) is 2.83. The highest BCUT2D eigenvalue weighted by atomic mass is 79.9. The molecule has 0 N–H and O–H groups in total. The highest BCUT2D eigenvalue weighted by molar-refractivity contribution is 9.10. The first-order chi connectivity index (χ1) is 16.7. The van der Waals surface area contributed by atoms with Gasteiger partial charge in [0.25, 0.3) is 11.2 Å². The summed E-state index contributed by atoms with van der Waals surface area (Å²) in [6, 6.07) is 9.14. The Bertz CT molecular complexity index is 1340. The van der Waals surface area contributed by atoms with E-state index in [9.17, 15) is 19.7 Å². The van der Waals surface area contributed by atoms with Crippen molar-refractivity contribution in [2.45, 2.75) is 46.1 Å². The van der Waals surface area contributed by atoms with Crippen molar-refractivity contribution in [2.24, 2.45) is 5.10 Å². The minimum absolute atomic E-state index is 0.180. The van der Waals surface area contributed by atoms with E-state index in [4.69, 9.17) is 9.47 Å². The lowest BCUT2D eigenvalue weighted by atomic mass is 10.2. The molecular formula is C24H25BrN4O6. The van der Waals surface area contributed by atoms with Crippen LogP contribution in [0.25, 0.3) is 10.9 Å². The topological polar surface area (TPSA) is 126 Å². The number of carbonyl (C=O) groups excluding carboxylic acids is 1. The third-order valence-electron chi connectivity index (χ3n) is 5.07. The maximum absolute atomic E-state index is 13.3. The smallest absolute Gasteiger partial charge is 0.347 e. The maximum Gasteiger partial charge on any atom is 0.347 e. The van der Waals surface area contributed by atoms with Gasteiger partial charge in [0.1, 0.15) is 11.6 Å². The number of nitrogens with zero attached hydrogens (tertiary/aromatic N) is 4. The highest BCUT2D eigenvalue weighted by Crippen LogP contribution is 2.24. The number of nitro benzene ring substituents is 1. The summed E-state index contributed by atoms with van der Waals surface area (Å²) in [6.45, 7) is 5.41. The summed E-state index contributed by atoms with van der Waals surface area (Å²) in [5.74, 6) is 0.0754. The van der Waals surface area contributed by atoms with Gasteiger partial charge in [-0.1, -0.05) is 29.3 Å². The third-order valence-corrected chi connectivity index (χ3v) is 5.56. The first-order valence-electron chi connectivity index (χ1n) is 11.1. The zero-order chi connectivity index (χ0) is 25.5. The fourth-order valence-corrected chi connectivity index (χ4v) is 3.65. The Morgan fingerprint density at radius 1 is 1.29 bits per heavy atom. The number of aromatic nitrogens is 2. The molecule has 0 radical (unpaired) electrons. The quantitative estimate of drug-likeness (QED) is 0.157. The molecule has 1 aromatic heterocycles. The Morgan fingerprint density at radius 3 is 2.74 bits per heavy atom. The zero-order valence-electron chi connectivity index (χ0n) is 19.6. The Kier molecular flexibility index (Phi) is 8.69. The van der Waals surface area contributed by atoms with Crippen LogP contribution >= 0.6 is 15.9 Å². The predicted octanol–water partition coefficient (Wildman–Crippen LogP) is 4.62. The van der Waals surface area contributed by atoms with E-state index in [0.29, 0.717) is 23.1 Å². The Morgan fingerprint density at radius 2 is 2.06 bits per heavy atom. The number of aryl methyl sites for hydroxylation is 1. The van der Waals surface area contributed by atoms with E-state index in [1.807, 2.05) is 13.0 Å². The molecule has 0 unspecified atom stereocenters. The van der Waals surface area contributed by atoms with Crippen LogP contribution in [0.15, 0.2) is 50.8 Å². The van der Waals surface area contributed by atoms with E-state index in [-0.39, 0.29) is 29.2 Å². The number of nitro groups is 1. The molecule has 10 nitrogen and oxygen atoms in total. The normalized spacial score (nSPS) is 12.1. The summed E-state index contributed by atoms with van der Waals surface area (Å²) in [4.78, 5) is 40.7. The van der Waals surface area contributed by atoms with Gasteiger partial charge in [0.15, 0.2) is 6.10 Å². The second-order valence-corrected chi connectivity index (χ2v) is 8.56. The fraction of sp³-hybridized carbons (Fsp3) is 0.333. The number of unbranched alkanes of at least 4 members (excludes halogenated alkanes) is 1. The minimum Gasteiger partial charge on any atom is -0.478 e. The van der Waals surface area contributed by atoms with Crippen molar-refractivity contribution < 1.29 is 19.2 Å². The molecule has 3 rings (SSSR count). The number of halogens is 1. The van der Waals surface area contributed by atoms with Gasteiger partial charge in [0, 0.05) is 28.6 Å². The largest absolute Gasteiger partial charge is 0.478 e. The molecule has 0 aliphatic heterocycles. The van der Waals surface area contributed by atoms with Crippen LogP contribution in [0.4, 0.5) is 5.69 Å². The summed E-state index contributed by atoms with van der Waals surface area (Å²) in [5.41, 5.74) is 0.213. The second-order valence-electron chi connectivity index (χ2n) is 7.65. The minimum atomic E-state index is -0.953. The molecule has 3 aromatic rings. The molecule has 0 aliphatic carbocycles. The average molecular weight is 545 g/mol. The van der Waals surface area contributed by atoms with E-state index < -0.39 is 17.0 Å². The number of ether oxygens (including phenoxy) is 2. The summed E-state index contributed by atoms with van der Waals surface area (Å²) < 4.78 is 12.6. The molecule has 0 amide bonds. The predicted molar refractivity (Wildman–Crippen MR) is 135 cm³/mol. The first kappa shape index (κ1) is 26.0. The van der Waals surface area contributed by atoms with Crippen LogP contribution in [-0.4, -0.2) is 39.5 Å². The van der Waals surface area contributed by atoms with Gasteiger partial charge in [0.2, 0.25) is 0 Å². The lowest BCUT2D eigenvalue weighted by Gasteiger charge is -2.15. The number of carbonyl (C=O) groups is 1. The van der Waals surface area contributed by atoms with Crippen molar-refractivity contribution in [2.75, 3.05) is 6.61 Å². The lowest BCUT2D eigenvalue weighted by molar-refractivity contribution is -0.384. The number of hydrogen-bond acceptors (Lipinski definition) is 8. The second kappa shape index (κ2) is 11.7. The van der Waals surface area contributed by atoms with Gasteiger partial charge in [-0.15, -0.1) is 0 Å². The van der Waals surface area contributed by atoms with Gasteiger partial charge in [-0.3, -0.25) is 14.9 Å². The number of non-ortho nitro benzene ring substituents is 1. The molecule has 0 bridgehead atoms. The zero-order valence-corrected chi connectivity index (χ0v) is 21.1. The molecule has 0 saturated heterocycles. The standard InChI is InChI=1S/C24H25BrN4O6/c1-4-6-7-22-27-20-10-8-17(25)13-19(20)23(30)28(22)26-14-16-12-18(29(32)33)9-11-21(16)35-15(3)24(31)34-5-2/h8-15H,4-7H2,1-3H3/t15-/m0/s1. The monoisotopic (exact) mass is 544 g/mol. The van der Waals surface area contributed by atoms with E-state index >= 15 is 0 Å². The number of rotatable bonds is 10.